The Kier molecular flexibility index (Phi) is 4.22. The molecule has 0 radical (unpaired) electrons. The third-order valence-electron chi connectivity index (χ3n) is 4.24. The van der Waals surface area contributed by atoms with Crippen molar-refractivity contribution in [2.75, 3.05) is 19.7 Å². The van der Waals surface area contributed by atoms with Gasteiger partial charge < -0.3 is 10.2 Å². The van der Waals surface area contributed by atoms with E-state index in [1.807, 2.05) is 0 Å². The first kappa shape index (κ1) is 12.3. The quantitative estimate of drug-likeness (QED) is 0.768. The van der Waals surface area contributed by atoms with Crippen molar-refractivity contribution in [3.63, 3.8) is 0 Å². The summed E-state index contributed by atoms with van der Waals surface area (Å²) in [5.41, 5.74) is -0.469. The van der Waals surface area contributed by atoms with Gasteiger partial charge in [-0.15, -0.1) is 0 Å². The van der Waals surface area contributed by atoms with Gasteiger partial charge in [-0.1, -0.05) is 25.7 Å². The Morgan fingerprint density at radius 2 is 1.81 bits per heavy atom. The lowest BCUT2D eigenvalue weighted by atomic mass is 9.83. The van der Waals surface area contributed by atoms with Gasteiger partial charge in [0.1, 0.15) is 0 Å². The van der Waals surface area contributed by atoms with E-state index in [9.17, 15) is 10.2 Å². The zero-order valence-electron chi connectivity index (χ0n) is 10.2. The summed E-state index contributed by atoms with van der Waals surface area (Å²) in [6.07, 6.45) is 9.01. The Balaban J connectivity index is 1.90. The summed E-state index contributed by atoms with van der Waals surface area (Å²) >= 11 is 0. The second-order valence-electron chi connectivity index (χ2n) is 5.59. The van der Waals surface area contributed by atoms with Crippen molar-refractivity contribution >= 4 is 0 Å². The molecule has 3 nitrogen and oxygen atoms in total. The van der Waals surface area contributed by atoms with Crippen molar-refractivity contribution in [3.05, 3.63) is 0 Å². The molecule has 2 aliphatic rings. The van der Waals surface area contributed by atoms with Gasteiger partial charge in [0.2, 0.25) is 0 Å². The Labute approximate surface area is 98.5 Å². The maximum Gasteiger partial charge on any atom is 0.0774 e. The molecule has 0 aromatic carbocycles. The van der Waals surface area contributed by atoms with Crippen LogP contribution >= 0.6 is 0 Å². The van der Waals surface area contributed by atoms with Gasteiger partial charge in [0.05, 0.1) is 12.2 Å². The Morgan fingerprint density at radius 1 is 1.06 bits per heavy atom. The van der Waals surface area contributed by atoms with Crippen molar-refractivity contribution in [1.29, 1.82) is 0 Å². The molecule has 94 valence electrons. The summed E-state index contributed by atoms with van der Waals surface area (Å²) in [5, 5.41) is 19.9. The van der Waals surface area contributed by atoms with E-state index in [1.54, 1.807) is 0 Å². The van der Waals surface area contributed by atoms with Gasteiger partial charge in [-0.3, -0.25) is 4.90 Å². The van der Waals surface area contributed by atoms with Crippen LogP contribution in [-0.4, -0.2) is 46.5 Å². The maximum atomic E-state index is 10.5. The molecule has 2 N–H and O–H groups in total. The highest BCUT2D eigenvalue weighted by Gasteiger charge is 2.34. The van der Waals surface area contributed by atoms with Crippen molar-refractivity contribution < 1.29 is 10.2 Å². The number of hydrogen-bond acceptors (Lipinski definition) is 3. The molecule has 1 heterocycles. The average Bonchev–Trinajstić information content (AvgIpc) is 2.30. The molecule has 0 spiro atoms. The van der Waals surface area contributed by atoms with Crippen molar-refractivity contribution in [2.24, 2.45) is 0 Å². The van der Waals surface area contributed by atoms with Crippen molar-refractivity contribution in [2.45, 2.75) is 63.0 Å². The van der Waals surface area contributed by atoms with Gasteiger partial charge in [0.25, 0.3) is 0 Å². The molecule has 1 saturated carbocycles. The van der Waals surface area contributed by atoms with E-state index in [0.29, 0.717) is 6.04 Å². The van der Waals surface area contributed by atoms with Crippen molar-refractivity contribution in [3.8, 4) is 0 Å². The summed E-state index contributed by atoms with van der Waals surface area (Å²) in [6, 6.07) is 0.291. The van der Waals surface area contributed by atoms with Gasteiger partial charge in [0.15, 0.2) is 0 Å². The zero-order valence-corrected chi connectivity index (χ0v) is 10.2. The molecule has 2 fully saturated rings. The molecule has 1 aliphatic heterocycles. The number of piperidine rings is 1. The van der Waals surface area contributed by atoms with Crippen LogP contribution in [0.2, 0.25) is 0 Å². The SMILES string of the molecule is OCC1CCCCN1CC1(O)CCCCC1. The Bertz CT molecular complexity index is 214. The molecule has 2 rings (SSSR count). The second kappa shape index (κ2) is 5.48. The third-order valence-corrected chi connectivity index (χ3v) is 4.24. The van der Waals surface area contributed by atoms with Crippen LogP contribution in [-0.2, 0) is 0 Å². The minimum absolute atomic E-state index is 0.246. The molecule has 0 amide bonds. The average molecular weight is 227 g/mol. The summed E-state index contributed by atoms with van der Waals surface area (Å²) in [4.78, 5) is 2.31. The minimum atomic E-state index is -0.469. The molecular weight excluding hydrogens is 202 g/mol. The fourth-order valence-corrected chi connectivity index (χ4v) is 3.22. The predicted molar refractivity (Wildman–Crippen MR) is 64.3 cm³/mol. The first-order chi connectivity index (χ1) is 7.73. The van der Waals surface area contributed by atoms with Gasteiger partial charge in [0, 0.05) is 12.6 Å². The number of rotatable bonds is 3. The first-order valence-electron chi connectivity index (χ1n) is 6.81. The topological polar surface area (TPSA) is 43.7 Å². The Morgan fingerprint density at radius 3 is 2.50 bits per heavy atom. The van der Waals surface area contributed by atoms with E-state index >= 15 is 0 Å². The Hall–Kier alpha value is -0.120. The van der Waals surface area contributed by atoms with Crippen LogP contribution in [0.15, 0.2) is 0 Å². The molecule has 1 aliphatic carbocycles. The van der Waals surface area contributed by atoms with Crippen LogP contribution in [0.4, 0.5) is 0 Å². The van der Waals surface area contributed by atoms with E-state index in [-0.39, 0.29) is 6.61 Å². The van der Waals surface area contributed by atoms with E-state index < -0.39 is 5.60 Å². The number of aliphatic hydroxyl groups is 2. The predicted octanol–water partition coefficient (Wildman–Crippen LogP) is 1.53. The highest BCUT2D eigenvalue weighted by Crippen LogP contribution is 2.30. The van der Waals surface area contributed by atoms with Crippen LogP contribution in [0.5, 0.6) is 0 Å². The monoisotopic (exact) mass is 227 g/mol. The number of hydrogen-bond donors (Lipinski definition) is 2. The smallest absolute Gasteiger partial charge is 0.0774 e. The van der Waals surface area contributed by atoms with Crippen LogP contribution in [0.3, 0.4) is 0 Å². The molecular formula is C13H25NO2. The molecule has 16 heavy (non-hydrogen) atoms. The van der Waals surface area contributed by atoms with E-state index in [2.05, 4.69) is 4.90 Å². The minimum Gasteiger partial charge on any atom is -0.395 e. The normalized spacial score (nSPS) is 31.5. The fourth-order valence-electron chi connectivity index (χ4n) is 3.22. The lowest BCUT2D eigenvalue weighted by Gasteiger charge is -2.42. The van der Waals surface area contributed by atoms with Crippen LogP contribution in [0, 0.1) is 0 Å². The maximum absolute atomic E-state index is 10.5. The van der Waals surface area contributed by atoms with Gasteiger partial charge >= 0.3 is 0 Å². The van der Waals surface area contributed by atoms with E-state index in [0.717, 1.165) is 45.2 Å². The molecule has 1 unspecified atom stereocenters. The molecule has 0 aromatic heterocycles. The second-order valence-corrected chi connectivity index (χ2v) is 5.59. The molecule has 1 saturated heterocycles. The fraction of sp³-hybridized carbons (Fsp3) is 1.00. The van der Waals surface area contributed by atoms with Crippen LogP contribution in [0.1, 0.15) is 51.4 Å². The molecule has 3 heteroatoms. The van der Waals surface area contributed by atoms with Crippen LogP contribution < -0.4 is 0 Å². The van der Waals surface area contributed by atoms with E-state index in [1.165, 1.54) is 19.3 Å². The largest absolute Gasteiger partial charge is 0.395 e. The number of likely N-dealkylation sites (tertiary alicyclic amines) is 1. The number of nitrogens with zero attached hydrogens (tertiary/aromatic N) is 1. The lowest BCUT2D eigenvalue weighted by Crippen LogP contribution is -2.51. The van der Waals surface area contributed by atoms with Gasteiger partial charge in [-0.25, -0.2) is 0 Å². The highest BCUT2D eigenvalue weighted by atomic mass is 16.3. The van der Waals surface area contributed by atoms with Gasteiger partial charge in [-0.2, -0.15) is 0 Å². The summed E-state index contributed by atoms with van der Waals surface area (Å²) in [7, 11) is 0. The van der Waals surface area contributed by atoms with E-state index in [4.69, 9.17) is 0 Å². The summed E-state index contributed by atoms with van der Waals surface area (Å²) < 4.78 is 0. The zero-order chi connectivity index (χ0) is 11.4. The summed E-state index contributed by atoms with van der Waals surface area (Å²) in [6.45, 7) is 2.07. The number of β-amino-alcohol motifs (C(OH)–C–C–N with tert-alkyl or cyclic N) is 1. The standard InChI is InChI=1S/C13H25NO2/c15-10-12-6-2-5-9-14(12)11-13(16)7-3-1-4-8-13/h12,15-16H,1-11H2. The summed E-state index contributed by atoms with van der Waals surface area (Å²) in [5.74, 6) is 0. The van der Waals surface area contributed by atoms with Crippen molar-refractivity contribution in [1.82, 2.24) is 4.90 Å². The lowest BCUT2D eigenvalue weighted by molar-refractivity contribution is -0.0483. The first-order valence-corrected chi connectivity index (χ1v) is 6.81. The number of aliphatic hydroxyl groups excluding tert-OH is 1. The molecule has 0 bridgehead atoms. The van der Waals surface area contributed by atoms with Crippen LogP contribution in [0.25, 0.3) is 0 Å². The highest BCUT2D eigenvalue weighted by molar-refractivity contribution is 4.88. The van der Waals surface area contributed by atoms with Gasteiger partial charge in [-0.05, 0) is 32.2 Å². The molecule has 1 atom stereocenters. The third kappa shape index (κ3) is 2.96. The molecule has 0 aromatic rings.